The molecule has 2 aliphatic rings. The molecule has 1 aliphatic heterocycles. The topological polar surface area (TPSA) is 34.7 Å². The van der Waals surface area contributed by atoms with Gasteiger partial charge in [-0.25, -0.2) is 4.99 Å². The Morgan fingerprint density at radius 2 is 2.06 bits per heavy atom. The van der Waals surface area contributed by atoms with E-state index < -0.39 is 0 Å². The van der Waals surface area contributed by atoms with Crippen LogP contribution in [0.2, 0.25) is 0 Å². The average molecular weight is 217 g/mol. The molecule has 3 heteroatoms. The molecular formula is C13H15NO2. The number of furan rings is 1. The summed E-state index contributed by atoms with van der Waals surface area (Å²) in [5.74, 6) is 2.08. The first-order valence-electron chi connectivity index (χ1n) is 5.81. The Labute approximate surface area is 94.8 Å². The van der Waals surface area contributed by atoms with Crippen LogP contribution in [0.25, 0.3) is 0 Å². The van der Waals surface area contributed by atoms with Gasteiger partial charge >= 0.3 is 0 Å². The molecule has 84 valence electrons. The number of rotatable bonds is 1. The van der Waals surface area contributed by atoms with Crippen molar-refractivity contribution in [2.24, 2.45) is 4.99 Å². The van der Waals surface area contributed by atoms with E-state index in [1.165, 1.54) is 19.3 Å². The van der Waals surface area contributed by atoms with Crippen molar-refractivity contribution in [1.82, 2.24) is 0 Å². The maximum atomic E-state index is 5.66. The number of hydrogen-bond donors (Lipinski definition) is 0. The molecule has 0 radical (unpaired) electrons. The van der Waals surface area contributed by atoms with E-state index in [1.807, 2.05) is 12.1 Å². The lowest BCUT2D eigenvalue weighted by Crippen LogP contribution is -2.28. The maximum Gasteiger partial charge on any atom is 0.259 e. The highest BCUT2D eigenvalue weighted by Gasteiger charge is 2.42. The van der Waals surface area contributed by atoms with Crippen molar-refractivity contribution in [2.45, 2.75) is 37.6 Å². The quantitative estimate of drug-likeness (QED) is 0.723. The standard InChI is InChI=1S/C13H15NO2/c1-10-13(7-3-2-4-8-13)14-12(16-10)11-6-5-9-15-11/h5-6,9H,1-4,7-8H2. The molecule has 1 aromatic heterocycles. The van der Waals surface area contributed by atoms with Crippen molar-refractivity contribution >= 4 is 5.90 Å². The van der Waals surface area contributed by atoms with Gasteiger partial charge in [-0.3, -0.25) is 0 Å². The van der Waals surface area contributed by atoms with Crippen molar-refractivity contribution in [2.75, 3.05) is 0 Å². The summed E-state index contributed by atoms with van der Waals surface area (Å²) in [5.41, 5.74) is -0.166. The molecule has 0 aromatic carbocycles. The number of aliphatic imine (C=N–C) groups is 1. The minimum atomic E-state index is -0.166. The summed E-state index contributed by atoms with van der Waals surface area (Å²) in [6, 6.07) is 3.71. The zero-order chi connectivity index (χ0) is 11.0. The zero-order valence-electron chi connectivity index (χ0n) is 9.24. The van der Waals surface area contributed by atoms with Gasteiger partial charge in [-0.05, 0) is 25.0 Å². The third kappa shape index (κ3) is 1.39. The summed E-state index contributed by atoms with van der Waals surface area (Å²) in [6.45, 7) is 4.01. The van der Waals surface area contributed by atoms with E-state index in [0.29, 0.717) is 11.7 Å². The first-order chi connectivity index (χ1) is 7.80. The van der Waals surface area contributed by atoms with Crippen molar-refractivity contribution in [1.29, 1.82) is 0 Å². The van der Waals surface area contributed by atoms with Gasteiger partial charge in [0, 0.05) is 0 Å². The van der Waals surface area contributed by atoms with Crippen LogP contribution in [-0.4, -0.2) is 11.4 Å². The van der Waals surface area contributed by atoms with E-state index in [9.17, 15) is 0 Å². The van der Waals surface area contributed by atoms with Gasteiger partial charge in [-0.2, -0.15) is 0 Å². The van der Waals surface area contributed by atoms with E-state index in [0.717, 1.165) is 18.6 Å². The van der Waals surface area contributed by atoms with Gasteiger partial charge in [-0.15, -0.1) is 0 Å². The van der Waals surface area contributed by atoms with Crippen LogP contribution in [0.5, 0.6) is 0 Å². The Kier molecular flexibility index (Phi) is 2.13. The Bertz CT molecular complexity index is 425. The lowest BCUT2D eigenvalue weighted by molar-refractivity contribution is 0.284. The average Bonchev–Trinajstić information content (AvgIpc) is 2.90. The normalized spacial score (nSPS) is 23.2. The van der Waals surface area contributed by atoms with Gasteiger partial charge in [0.15, 0.2) is 5.76 Å². The van der Waals surface area contributed by atoms with Crippen LogP contribution in [0.4, 0.5) is 0 Å². The molecule has 1 aromatic rings. The summed E-state index contributed by atoms with van der Waals surface area (Å²) in [6.07, 6.45) is 7.44. The predicted molar refractivity (Wildman–Crippen MR) is 61.3 cm³/mol. The molecule has 2 heterocycles. The Morgan fingerprint density at radius 3 is 2.75 bits per heavy atom. The molecular weight excluding hydrogens is 202 g/mol. The molecule has 1 saturated carbocycles. The second kappa shape index (κ2) is 3.51. The molecule has 1 spiro atoms. The highest BCUT2D eigenvalue weighted by Crippen LogP contribution is 2.42. The van der Waals surface area contributed by atoms with Crippen LogP contribution in [0.3, 0.4) is 0 Å². The molecule has 3 rings (SSSR count). The smallest absolute Gasteiger partial charge is 0.259 e. The number of ether oxygens (including phenoxy) is 1. The fourth-order valence-corrected chi connectivity index (χ4v) is 2.52. The van der Waals surface area contributed by atoms with Gasteiger partial charge in [-0.1, -0.05) is 25.8 Å². The van der Waals surface area contributed by atoms with Gasteiger partial charge in [0.1, 0.15) is 11.3 Å². The minimum absolute atomic E-state index is 0.166. The summed E-state index contributed by atoms with van der Waals surface area (Å²) < 4.78 is 11.0. The molecule has 0 unspecified atom stereocenters. The van der Waals surface area contributed by atoms with Gasteiger partial charge in [0.25, 0.3) is 5.90 Å². The van der Waals surface area contributed by atoms with E-state index in [2.05, 4.69) is 6.58 Å². The SMILES string of the molecule is C=C1OC(c2ccco2)=NC12CCCCC2. The summed E-state index contributed by atoms with van der Waals surface area (Å²) in [5, 5.41) is 0. The second-order valence-electron chi connectivity index (χ2n) is 4.51. The third-order valence-electron chi connectivity index (χ3n) is 3.47. The summed E-state index contributed by atoms with van der Waals surface area (Å²) >= 11 is 0. The second-order valence-corrected chi connectivity index (χ2v) is 4.51. The van der Waals surface area contributed by atoms with Crippen LogP contribution in [0.1, 0.15) is 37.9 Å². The van der Waals surface area contributed by atoms with Gasteiger partial charge in [0.2, 0.25) is 0 Å². The van der Waals surface area contributed by atoms with Crippen LogP contribution in [0.15, 0.2) is 40.1 Å². The van der Waals surface area contributed by atoms with E-state index >= 15 is 0 Å². The molecule has 0 bridgehead atoms. The van der Waals surface area contributed by atoms with E-state index in [-0.39, 0.29) is 5.54 Å². The Balaban J connectivity index is 1.93. The predicted octanol–water partition coefficient (Wildman–Crippen LogP) is 3.27. The van der Waals surface area contributed by atoms with Crippen molar-refractivity contribution in [3.63, 3.8) is 0 Å². The maximum absolute atomic E-state index is 5.66. The third-order valence-corrected chi connectivity index (χ3v) is 3.47. The Hall–Kier alpha value is -1.51. The van der Waals surface area contributed by atoms with Crippen molar-refractivity contribution in [3.05, 3.63) is 36.5 Å². The minimum Gasteiger partial charge on any atom is -0.459 e. The van der Waals surface area contributed by atoms with E-state index in [1.54, 1.807) is 6.26 Å². The van der Waals surface area contributed by atoms with Crippen LogP contribution < -0.4 is 0 Å². The fraction of sp³-hybridized carbons (Fsp3) is 0.462. The molecule has 0 amide bonds. The zero-order valence-corrected chi connectivity index (χ0v) is 9.24. The number of nitrogens with zero attached hydrogens (tertiary/aromatic N) is 1. The molecule has 0 atom stereocenters. The molecule has 1 fully saturated rings. The first-order valence-corrected chi connectivity index (χ1v) is 5.81. The van der Waals surface area contributed by atoms with Crippen molar-refractivity contribution in [3.8, 4) is 0 Å². The largest absolute Gasteiger partial charge is 0.459 e. The molecule has 0 saturated heterocycles. The van der Waals surface area contributed by atoms with Crippen LogP contribution >= 0.6 is 0 Å². The molecule has 16 heavy (non-hydrogen) atoms. The lowest BCUT2D eigenvalue weighted by Gasteiger charge is -2.29. The van der Waals surface area contributed by atoms with Gasteiger partial charge in [0.05, 0.1) is 6.26 Å². The van der Waals surface area contributed by atoms with Crippen molar-refractivity contribution < 1.29 is 9.15 Å². The highest BCUT2D eigenvalue weighted by atomic mass is 16.5. The Morgan fingerprint density at radius 1 is 1.25 bits per heavy atom. The van der Waals surface area contributed by atoms with Crippen LogP contribution in [0, 0.1) is 0 Å². The summed E-state index contributed by atoms with van der Waals surface area (Å²) in [4.78, 5) is 4.70. The van der Waals surface area contributed by atoms with Gasteiger partial charge < -0.3 is 9.15 Å². The molecule has 1 aliphatic carbocycles. The highest BCUT2D eigenvalue weighted by molar-refractivity contribution is 5.94. The molecule has 0 N–H and O–H groups in total. The first kappa shape index (κ1) is 9.70. The summed E-state index contributed by atoms with van der Waals surface area (Å²) in [7, 11) is 0. The van der Waals surface area contributed by atoms with Crippen LogP contribution in [-0.2, 0) is 4.74 Å². The lowest BCUT2D eigenvalue weighted by atomic mass is 9.81. The fourth-order valence-electron chi connectivity index (χ4n) is 2.52. The monoisotopic (exact) mass is 217 g/mol. The van der Waals surface area contributed by atoms with E-state index in [4.69, 9.17) is 14.1 Å². The molecule has 3 nitrogen and oxygen atoms in total. The number of hydrogen-bond acceptors (Lipinski definition) is 3.